The first kappa shape index (κ1) is 12.6. The number of anilines is 2. The van der Waals surface area contributed by atoms with E-state index in [1.54, 1.807) is 35.8 Å². The van der Waals surface area contributed by atoms with Crippen molar-refractivity contribution in [2.45, 2.75) is 13.0 Å². The zero-order valence-electron chi connectivity index (χ0n) is 10.6. The highest BCUT2D eigenvalue weighted by atomic mass is 32.1. The number of rotatable bonds is 3. The highest BCUT2D eigenvalue weighted by Gasteiger charge is 2.16. The summed E-state index contributed by atoms with van der Waals surface area (Å²) in [6, 6.07) is 3.52. The number of fused-ring (bicyclic) bond motifs is 1. The van der Waals surface area contributed by atoms with Crippen LogP contribution in [0.5, 0.6) is 0 Å². The molecule has 0 saturated heterocycles. The van der Waals surface area contributed by atoms with E-state index in [0.29, 0.717) is 5.69 Å². The van der Waals surface area contributed by atoms with Crippen LogP contribution in [-0.2, 0) is 4.79 Å². The van der Waals surface area contributed by atoms with Crippen LogP contribution >= 0.6 is 11.3 Å². The van der Waals surface area contributed by atoms with Gasteiger partial charge in [-0.15, -0.1) is 11.3 Å². The quantitative estimate of drug-likeness (QED) is 0.829. The van der Waals surface area contributed by atoms with E-state index in [1.165, 1.54) is 0 Å². The number of amides is 1. The summed E-state index contributed by atoms with van der Waals surface area (Å²) in [4.78, 5) is 17.6. The molecule has 5 nitrogen and oxygen atoms in total. The maximum Gasteiger partial charge on any atom is 0.244 e. The van der Waals surface area contributed by atoms with E-state index >= 15 is 0 Å². The zero-order chi connectivity index (χ0) is 13.3. The number of carbonyl (C=O) groups is 1. The molecule has 0 bridgehead atoms. The molecular weight excluding hydrogens is 248 g/mol. The fraction of sp³-hybridized carbons (Fsp3) is 0.333. The van der Waals surface area contributed by atoms with Crippen LogP contribution in [0, 0.1) is 0 Å². The molecule has 0 aliphatic carbocycles. The lowest BCUT2D eigenvalue weighted by atomic mass is 10.2. The number of nitrogen functional groups attached to an aromatic ring is 1. The molecule has 1 amide bonds. The lowest BCUT2D eigenvalue weighted by Gasteiger charge is -2.19. The van der Waals surface area contributed by atoms with Gasteiger partial charge in [-0.05, 0) is 19.1 Å². The van der Waals surface area contributed by atoms with Crippen molar-refractivity contribution in [1.29, 1.82) is 0 Å². The minimum atomic E-state index is -0.321. The Morgan fingerprint density at radius 1 is 1.50 bits per heavy atom. The Kier molecular flexibility index (Phi) is 3.38. The highest BCUT2D eigenvalue weighted by molar-refractivity contribution is 7.16. The third-order valence-corrected chi connectivity index (χ3v) is 3.52. The normalized spacial score (nSPS) is 12.4. The van der Waals surface area contributed by atoms with E-state index in [-0.39, 0.29) is 11.9 Å². The van der Waals surface area contributed by atoms with E-state index in [1.807, 2.05) is 19.1 Å². The molecule has 1 aromatic heterocycles. The van der Waals surface area contributed by atoms with E-state index in [9.17, 15) is 4.79 Å². The Morgan fingerprint density at radius 3 is 2.89 bits per heavy atom. The number of likely N-dealkylation sites (N-methyl/N-ethyl adjacent to an activating group) is 1. The van der Waals surface area contributed by atoms with Crippen LogP contribution in [0.3, 0.4) is 0 Å². The molecule has 0 aliphatic heterocycles. The number of carbonyl (C=O) groups excluding carboxylic acids is 1. The first-order valence-electron chi connectivity index (χ1n) is 5.60. The number of thiazole rings is 1. The van der Waals surface area contributed by atoms with Crippen LogP contribution < -0.4 is 11.1 Å². The molecule has 0 aliphatic rings. The van der Waals surface area contributed by atoms with Crippen molar-refractivity contribution in [3.8, 4) is 0 Å². The summed E-state index contributed by atoms with van der Waals surface area (Å²) in [5.41, 5.74) is 9.93. The maximum absolute atomic E-state index is 11.8. The van der Waals surface area contributed by atoms with Crippen LogP contribution in [0.1, 0.15) is 6.92 Å². The third-order valence-electron chi connectivity index (χ3n) is 2.72. The van der Waals surface area contributed by atoms with Crippen molar-refractivity contribution >= 4 is 38.8 Å². The van der Waals surface area contributed by atoms with Crippen LogP contribution in [0.15, 0.2) is 17.6 Å². The first-order valence-corrected chi connectivity index (χ1v) is 6.48. The Hall–Kier alpha value is -1.82. The molecular formula is C12H16N4OS. The van der Waals surface area contributed by atoms with Crippen LogP contribution in [0.25, 0.3) is 10.2 Å². The van der Waals surface area contributed by atoms with Gasteiger partial charge < -0.3 is 16.0 Å². The summed E-state index contributed by atoms with van der Waals surface area (Å²) >= 11 is 1.55. The van der Waals surface area contributed by atoms with Gasteiger partial charge in [0.2, 0.25) is 5.91 Å². The Balaban J connectivity index is 2.26. The smallest absolute Gasteiger partial charge is 0.244 e. The Bertz CT molecular complexity index is 578. The molecule has 96 valence electrons. The van der Waals surface area contributed by atoms with Crippen molar-refractivity contribution < 1.29 is 4.79 Å². The molecule has 2 aromatic rings. The first-order chi connectivity index (χ1) is 8.50. The monoisotopic (exact) mass is 264 g/mol. The molecule has 18 heavy (non-hydrogen) atoms. The molecule has 2 rings (SSSR count). The number of benzene rings is 1. The van der Waals surface area contributed by atoms with E-state index in [4.69, 9.17) is 5.73 Å². The van der Waals surface area contributed by atoms with Crippen molar-refractivity contribution in [2.24, 2.45) is 0 Å². The minimum absolute atomic E-state index is 0.00720. The van der Waals surface area contributed by atoms with Crippen LogP contribution in [0.2, 0.25) is 0 Å². The summed E-state index contributed by atoms with van der Waals surface area (Å²) in [6.45, 7) is 1.81. The Labute approximate surface area is 110 Å². The number of hydrogen-bond donors (Lipinski definition) is 2. The summed E-state index contributed by atoms with van der Waals surface area (Å²) in [5, 5.41) is 3.12. The number of aromatic nitrogens is 1. The van der Waals surface area contributed by atoms with E-state index in [0.717, 1.165) is 15.9 Å². The van der Waals surface area contributed by atoms with E-state index in [2.05, 4.69) is 10.3 Å². The molecule has 1 heterocycles. The molecule has 3 N–H and O–H groups in total. The topological polar surface area (TPSA) is 71.2 Å². The van der Waals surface area contributed by atoms with Crippen molar-refractivity contribution in [2.75, 3.05) is 25.1 Å². The van der Waals surface area contributed by atoms with Crippen LogP contribution in [-0.4, -0.2) is 35.9 Å². The second-order valence-electron chi connectivity index (χ2n) is 4.32. The molecule has 0 saturated carbocycles. The maximum atomic E-state index is 11.8. The predicted octanol–water partition coefficient (Wildman–Crippen LogP) is 1.77. The number of nitrogens with one attached hydrogen (secondary N) is 1. The van der Waals surface area contributed by atoms with Crippen molar-refractivity contribution in [3.05, 3.63) is 17.6 Å². The molecule has 0 fully saturated rings. The third kappa shape index (κ3) is 2.24. The average molecular weight is 264 g/mol. The summed E-state index contributed by atoms with van der Waals surface area (Å²) in [5.74, 6) is 0.00720. The summed E-state index contributed by atoms with van der Waals surface area (Å²) in [7, 11) is 3.46. The number of nitrogens with zero attached hydrogens (tertiary/aromatic N) is 2. The molecule has 6 heteroatoms. The largest absolute Gasteiger partial charge is 0.395 e. The summed E-state index contributed by atoms with van der Waals surface area (Å²) < 4.78 is 1.05. The van der Waals surface area contributed by atoms with Gasteiger partial charge in [0.05, 0.1) is 21.6 Å². The van der Waals surface area contributed by atoms with Gasteiger partial charge in [-0.2, -0.15) is 0 Å². The Morgan fingerprint density at radius 2 is 2.22 bits per heavy atom. The standard InChI is InChI=1S/C12H16N4OS/c1-7(12(17)16(2)3)15-8-4-5-9-11(10(8)13)14-6-18-9/h4-7,15H,13H2,1-3H3. The predicted molar refractivity (Wildman–Crippen MR) is 75.8 cm³/mol. The molecule has 0 spiro atoms. The van der Waals surface area contributed by atoms with Gasteiger partial charge in [-0.3, -0.25) is 4.79 Å². The fourth-order valence-electron chi connectivity index (χ4n) is 1.76. The van der Waals surface area contributed by atoms with Gasteiger partial charge in [0, 0.05) is 14.1 Å². The van der Waals surface area contributed by atoms with Crippen LogP contribution in [0.4, 0.5) is 11.4 Å². The lowest BCUT2D eigenvalue weighted by molar-refractivity contribution is -0.129. The SMILES string of the molecule is CC(Nc1ccc2scnc2c1N)C(=O)N(C)C. The fourth-order valence-corrected chi connectivity index (χ4v) is 2.45. The molecule has 0 radical (unpaired) electrons. The average Bonchev–Trinajstić information content (AvgIpc) is 2.80. The molecule has 1 atom stereocenters. The van der Waals surface area contributed by atoms with Crippen molar-refractivity contribution in [3.63, 3.8) is 0 Å². The van der Waals surface area contributed by atoms with E-state index < -0.39 is 0 Å². The number of nitrogens with two attached hydrogens (primary N) is 1. The zero-order valence-corrected chi connectivity index (χ0v) is 11.4. The van der Waals surface area contributed by atoms with Crippen molar-refractivity contribution in [1.82, 2.24) is 9.88 Å². The molecule has 1 unspecified atom stereocenters. The van der Waals surface area contributed by atoms with Gasteiger partial charge in [-0.25, -0.2) is 4.98 Å². The minimum Gasteiger partial charge on any atom is -0.395 e. The second kappa shape index (κ2) is 4.81. The molecule has 1 aromatic carbocycles. The van der Waals surface area contributed by atoms with Gasteiger partial charge in [0.25, 0.3) is 0 Å². The van der Waals surface area contributed by atoms with Gasteiger partial charge in [0.15, 0.2) is 0 Å². The lowest BCUT2D eigenvalue weighted by Crippen LogP contribution is -2.36. The highest BCUT2D eigenvalue weighted by Crippen LogP contribution is 2.30. The number of hydrogen-bond acceptors (Lipinski definition) is 5. The van der Waals surface area contributed by atoms with Gasteiger partial charge in [-0.1, -0.05) is 0 Å². The van der Waals surface area contributed by atoms with Gasteiger partial charge >= 0.3 is 0 Å². The summed E-state index contributed by atoms with van der Waals surface area (Å²) in [6.07, 6.45) is 0. The second-order valence-corrected chi connectivity index (χ2v) is 5.21. The van der Waals surface area contributed by atoms with Gasteiger partial charge in [0.1, 0.15) is 11.6 Å².